The van der Waals surface area contributed by atoms with Crippen LogP contribution in [0.25, 0.3) is 22.0 Å². The summed E-state index contributed by atoms with van der Waals surface area (Å²) in [5.74, 6) is 0.462. The summed E-state index contributed by atoms with van der Waals surface area (Å²) in [7, 11) is -2.14. The van der Waals surface area contributed by atoms with Gasteiger partial charge in [-0.2, -0.15) is 0 Å². The van der Waals surface area contributed by atoms with Crippen LogP contribution in [-0.2, 0) is 26.0 Å². The van der Waals surface area contributed by atoms with Crippen LogP contribution >= 0.6 is 0 Å². The number of aryl methyl sites for hydroxylation is 1. The smallest absolute Gasteiger partial charge is 0.238 e. The Balaban J connectivity index is 1.86. The Morgan fingerprint density at radius 2 is 1.94 bits per heavy atom. The summed E-state index contributed by atoms with van der Waals surface area (Å²) < 4.78 is 43.1. The number of methoxy groups -OCH3 is 1. The van der Waals surface area contributed by atoms with Crippen LogP contribution in [0.15, 0.2) is 24.4 Å². The minimum absolute atomic E-state index is 0.0616. The third-order valence-electron chi connectivity index (χ3n) is 5.47. The standard InChI is InChI=1S/C23H27N5O6S/c1-13-17-8-14(15-9-18(28-35(3,30)31)23(32-2)25-12-15)10-19(34-16-4-6-33-7-5-16)22(17)27-21(26-13)11-20(24)29/h8-10,12,16,28H,4-7,11H2,1-3H3,(H2,24,29). The van der Waals surface area contributed by atoms with E-state index in [0.717, 1.165) is 30.0 Å². The van der Waals surface area contributed by atoms with E-state index in [2.05, 4.69) is 19.7 Å². The van der Waals surface area contributed by atoms with Crippen LogP contribution in [0.5, 0.6) is 11.6 Å². The van der Waals surface area contributed by atoms with E-state index in [1.54, 1.807) is 12.3 Å². The van der Waals surface area contributed by atoms with E-state index in [0.29, 0.717) is 41.6 Å². The van der Waals surface area contributed by atoms with Crippen LogP contribution < -0.4 is 19.9 Å². The number of pyridine rings is 1. The van der Waals surface area contributed by atoms with Crippen molar-refractivity contribution in [1.29, 1.82) is 0 Å². The fourth-order valence-electron chi connectivity index (χ4n) is 3.92. The van der Waals surface area contributed by atoms with Crippen molar-refractivity contribution in [3.05, 3.63) is 35.9 Å². The number of benzene rings is 1. The number of carbonyl (C=O) groups is 1. The molecule has 1 saturated heterocycles. The summed E-state index contributed by atoms with van der Waals surface area (Å²) in [4.78, 5) is 24.8. The highest BCUT2D eigenvalue weighted by molar-refractivity contribution is 7.92. The molecule has 3 N–H and O–H groups in total. The number of ether oxygens (including phenoxy) is 3. The molecule has 3 heterocycles. The number of fused-ring (bicyclic) bond motifs is 1. The van der Waals surface area contributed by atoms with Crippen LogP contribution in [0.4, 0.5) is 5.69 Å². The number of primary amides is 1. The fraction of sp³-hybridized carbons (Fsp3) is 0.391. The van der Waals surface area contributed by atoms with Gasteiger partial charge < -0.3 is 19.9 Å². The number of rotatable bonds is 8. The van der Waals surface area contributed by atoms with E-state index >= 15 is 0 Å². The van der Waals surface area contributed by atoms with E-state index in [-0.39, 0.29) is 24.1 Å². The predicted octanol–water partition coefficient (Wildman–Crippen LogP) is 1.97. The van der Waals surface area contributed by atoms with E-state index in [4.69, 9.17) is 19.9 Å². The zero-order valence-corrected chi connectivity index (χ0v) is 20.5. The van der Waals surface area contributed by atoms with Gasteiger partial charge in [0.05, 0.1) is 33.0 Å². The Kier molecular flexibility index (Phi) is 7.03. The molecule has 0 radical (unpaired) electrons. The lowest BCUT2D eigenvalue weighted by molar-refractivity contribution is -0.117. The van der Waals surface area contributed by atoms with Crippen molar-refractivity contribution >= 4 is 32.5 Å². The molecule has 0 bridgehead atoms. The second-order valence-corrected chi connectivity index (χ2v) is 10.1. The summed E-state index contributed by atoms with van der Waals surface area (Å²) in [6, 6.07) is 5.35. The summed E-state index contributed by atoms with van der Waals surface area (Å²) in [5.41, 5.74) is 8.15. The molecule has 2 aromatic heterocycles. The number of carbonyl (C=O) groups excluding carboxylic acids is 1. The number of nitrogens with two attached hydrogens (primary N) is 1. The Labute approximate surface area is 203 Å². The summed E-state index contributed by atoms with van der Waals surface area (Å²) in [5, 5.41) is 0.728. The molecule has 0 aliphatic carbocycles. The third-order valence-corrected chi connectivity index (χ3v) is 6.06. The van der Waals surface area contributed by atoms with Gasteiger partial charge in [0.1, 0.15) is 28.9 Å². The molecule has 12 heteroatoms. The molecule has 0 saturated carbocycles. The normalized spacial score (nSPS) is 14.6. The zero-order chi connectivity index (χ0) is 25.2. The first kappa shape index (κ1) is 24.6. The van der Waals surface area contributed by atoms with Crippen molar-refractivity contribution in [3.8, 4) is 22.8 Å². The number of nitrogens with zero attached hydrogens (tertiary/aromatic N) is 3. The van der Waals surface area contributed by atoms with Crippen molar-refractivity contribution in [2.24, 2.45) is 5.73 Å². The first-order valence-corrected chi connectivity index (χ1v) is 12.9. The molecule has 11 nitrogen and oxygen atoms in total. The molecule has 186 valence electrons. The Bertz CT molecular complexity index is 1370. The van der Waals surface area contributed by atoms with Gasteiger partial charge in [0, 0.05) is 35.7 Å². The van der Waals surface area contributed by atoms with Gasteiger partial charge in [0.25, 0.3) is 0 Å². The topological polar surface area (TPSA) is 156 Å². The molecule has 1 aliphatic heterocycles. The van der Waals surface area contributed by atoms with E-state index in [1.807, 2.05) is 19.1 Å². The quantitative estimate of drug-likeness (QED) is 0.471. The molecule has 1 amide bonds. The Hall–Kier alpha value is -3.51. The number of nitrogens with one attached hydrogen (secondary N) is 1. The van der Waals surface area contributed by atoms with Crippen LogP contribution in [-0.4, -0.2) is 62.0 Å². The van der Waals surface area contributed by atoms with Crippen molar-refractivity contribution in [2.45, 2.75) is 32.3 Å². The lowest BCUT2D eigenvalue weighted by Gasteiger charge is -2.24. The monoisotopic (exact) mass is 501 g/mol. The summed E-state index contributed by atoms with van der Waals surface area (Å²) >= 11 is 0. The first-order valence-electron chi connectivity index (χ1n) is 11.0. The van der Waals surface area contributed by atoms with Crippen LogP contribution in [0, 0.1) is 6.92 Å². The van der Waals surface area contributed by atoms with Gasteiger partial charge in [-0.1, -0.05) is 0 Å². The predicted molar refractivity (Wildman–Crippen MR) is 130 cm³/mol. The van der Waals surface area contributed by atoms with Crippen molar-refractivity contribution in [2.75, 3.05) is 31.3 Å². The maximum absolute atomic E-state index is 11.8. The maximum atomic E-state index is 11.8. The molecule has 35 heavy (non-hydrogen) atoms. The second kappa shape index (κ2) is 10.0. The second-order valence-electron chi connectivity index (χ2n) is 8.32. The summed E-state index contributed by atoms with van der Waals surface area (Å²) in [6.45, 7) is 3.03. The largest absolute Gasteiger partial charge is 0.488 e. The van der Waals surface area contributed by atoms with E-state index < -0.39 is 15.9 Å². The van der Waals surface area contributed by atoms with E-state index in [1.165, 1.54) is 7.11 Å². The lowest BCUT2D eigenvalue weighted by Crippen LogP contribution is -2.26. The van der Waals surface area contributed by atoms with Crippen molar-refractivity contribution in [3.63, 3.8) is 0 Å². The number of hydrogen-bond acceptors (Lipinski definition) is 9. The molecule has 0 unspecified atom stereocenters. The third kappa shape index (κ3) is 5.95. The van der Waals surface area contributed by atoms with Gasteiger partial charge in [-0.3, -0.25) is 9.52 Å². The minimum Gasteiger partial charge on any atom is -0.488 e. The average Bonchev–Trinajstić information content (AvgIpc) is 2.78. The first-order chi connectivity index (χ1) is 16.6. The zero-order valence-electron chi connectivity index (χ0n) is 19.7. The molecule has 3 aromatic rings. The molecular formula is C23H27N5O6S. The van der Waals surface area contributed by atoms with Crippen LogP contribution in [0.3, 0.4) is 0 Å². The van der Waals surface area contributed by atoms with Gasteiger partial charge in [0.15, 0.2) is 0 Å². The maximum Gasteiger partial charge on any atom is 0.238 e. The van der Waals surface area contributed by atoms with E-state index in [9.17, 15) is 13.2 Å². The molecule has 1 aromatic carbocycles. The molecule has 0 atom stereocenters. The van der Waals surface area contributed by atoms with Gasteiger partial charge in [-0.15, -0.1) is 0 Å². The number of anilines is 1. The minimum atomic E-state index is -3.56. The van der Waals surface area contributed by atoms with Gasteiger partial charge in [-0.05, 0) is 30.7 Å². The van der Waals surface area contributed by atoms with Crippen molar-refractivity contribution in [1.82, 2.24) is 15.0 Å². The molecule has 0 spiro atoms. The number of sulfonamides is 1. The molecule has 4 rings (SSSR count). The van der Waals surface area contributed by atoms with Gasteiger partial charge in [-0.25, -0.2) is 23.4 Å². The SMILES string of the molecule is COc1ncc(-c2cc(OC3CCOCC3)c3nc(CC(N)=O)nc(C)c3c2)cc1NS(C)(=O)=O. The lowest BCUT2D eigenvalue weighted by atomic mass is 10.0. The Morgan fingerprint density at radius 3 is 2.60 bits per heavy atom. The fourth-order valence-corrected chi connectivity index (χ4v) is 4.46. The molecule has 1 aliphatic rings. The molecular weight excluding hydrogens is 474 g/mol. The van der Waals surface area contributed by atoms with Crippen LogP contribution in [0.1, 0.15) is 24.4 Å². The van der Waals surface area contributed by atoms with Crippen molar-refractivity contribution < 1.29 is 27.4 Å². The average molecular weight is 502 g/mol. The number of amides is 1. The highest BCUT2D eigenvalue weighted by Crippen LogP contribution is 2.36. The van der Waals surface area contributed by atoms with Crippen LogP contribution in [0.2, 0.25) is 0 Å². The molecule has 1 fully saturated rings. The van der Waals surface area contributed by atoms with Gasteiger partial charge in [0.2, 0.25) is 21.8 Å². The summed E-state index contributed by atoms with van der Waals surface area (Å²) in [6.07, 6.45) is 3.96. The van der Waals surface area contributed by atoms with Gasteiger partial charge >= 0.3 is 0 Å². The highest BCUT2D eigenvalue weighted by atomic mass is 32.2. The number of aromatic nitrogens is 3. The number of hydrogen-bond donors (Lipinski definition) is 2. The highest BCUT2D eigenvalue weighted by Gasteiger charge is 2.20. The Morgan fingerprint density at radius 1 is 1.20 bits per heavy atom.